The van der Waals surface area contributed by atoms with Crippen LogP contribution in [0.5, 0.6) is 0 Å². The topological polar surface area (TPSA) is 95.8 Å². The second kappa shape index (κ2) is 8.63. The average molecular weight is 401 g/mol. The zero-order valence-corrected chi connectivity index (χ0v) is 16.3. The molecule has 26 heavy (non-hydrogen) atoms. The molecule has 1 aromatic carbocycles. The summed E-state index contributed by atoms with van der Waals surface area (Å²) in [5.74, 6) is 0.275. The zero-order chi connectivity index (χ0) is 19.3. The first kappa shape index (κ1) is 20.4. The van der Waals surface area contributed by atoms with Crippen LogP contribution < -0.4 is 5.32 Å². The van der Waals surface area contributed by atoms with E-state index in [1.54, 1.807) is 13.0 Å². The van der Waals surface area contributed by atoms with E-state index in [0.29, 0.717) is 17.3 Å². The number of nitrogens with one attached hydrogen (secondary N) is 1. The Kier molecular flexibility index (Phi) is 6.76. The number of likely N-dealkylation sites (N-methyl/N-ethyl adjacent to an activating group) is 1. The number of benzene rings is 1. The summed E-state index contributed by atoms with van der Waals surface area (Å²) in [6, 6.07) is 7.38. The van der Waals surface area contributed by atoms with Gasteiger partial charge in [-0.05, 0) is 45.3 Å². The molecule has 1 N–H and O–H groups in total. The summed E-state index contributed by atoms with van der Waals surface area (Å²) in [5.41, 5.74) is 0. The predicted octanol–water partition coefficient (Wildman–Crippen LogP) is 1.83. The molecule has 142 valence electrons. The van der Waals surface area contributed by atoms with Gasteiger partial charge in [0.2, 0.25) is 15.9 Å². The number of nitrogens with zero attached hydrogens (tertiary/aromatic N) is 3. The maximum Gasteiger partial charge on any atom is 0.243 e. The van der Waals surface area contributed by atoms with Crippen LogP contribution in [0.1, 0.15) is 5.76 Å². The lowest BCUT2D eigenvalue weighted by Crippen LogP contribution is -2.41. The van der Waals surface area contributed by atoms with Gasteiger partial charge in [0.25, 0.3) is 0 Å². The molecule has 0 radical (unpaired) electrons. The molecule has 0 fully saturated rings. The number of anilines is 1. The molecule has 1 aromatic heterocycles. The fraction of sp³-hybridized carbons (Fsp3) is 0.375. The molecular weight excluding hydrogens is 380 g/mol. The predicted molar refractivity (Wildman–Crippen MR) is 98.6 cm³/mol. The van der Waals surface area contributed by atoms with Gasteiger partial charge in [-0.15, -0.1) is 0 Å². The summed E-state index contributed by atoms with van der Waals surface area (Å²) < 4.78 is 31.8. The first-order valence-electron chi connectivity index (χ1n) is 7.82. The van der Waals surface area contributed by atoms with Gasteiger partial charge in [-0.3, -0.25) is 4.79 Å². The van der Waals surface area contributed by atoms with Crippen molar-refractivity contribution < 1.29 is 17.7 Å². The average Bonchev–Trinajstić information content (AvgIpc) is 2.96. The largest absolute Gasteiger partial charge is 0.360 e. The smallest absolute Gasteiger partial charge is 0.243 e. The van der Waals surface area contributed by atoms with Crippen LogP contribution in [-0.2, 0) is 14.8 Å². The van der Waals surface area contributed by atoms with Gasteiger partial charge >= 0.3 is 0 Å². The van der Waals surface area contributed by atoms with Crippen LogP contribution in [0.15, 0.2) is 39.8 Å². The minimum absolute atomic E-state index is 0.0748. The lowest BCUT2D eigenvalue weighted by molar-refractivity contribution is -0.116. The summed E-state index contributed by atoms with van der Waals surface area (Å²) >= 11 is 5.83. The fourth-order valence-corrected chi connectivity index (χ4v) is 3.63. The molecule has 0 aliphatic rings. The van der Waals surface area contributed by atoms with Crippen LogP contribution in [0.25, 0.3) is 0 Å². The molecule has 2 aromatic rings. The molecule has 2 rings (SSSR count). The van der Waals surface area contributed by atoms with Crippen LogP contribution >= 0.6 is 11.6 Å². The van der Waals surface area contributed by atoms with Crippen molar-refractivity contribution in [3.63, 3.8) is 0 Å². The highest BCUT2D eigenvalue weighted by atomic mass is 35.5. The minimum atomic E-state index is -3.85. The molecule has 0 aliphatic heterocycles. The van der Waals surface area contributed by atoms with Crippen molar-refractivity contribution in [3.8, 4) is 0 Å². The van der Waals surface area contributed by atoms with Gasteiger partial charge in [-0.1, -0.05) is 16.8 Å². The number of aryl methyl sites for hydroxylation is 1. The maximum atomic E-state index is 12.9. The summed E-state index contributed by atoms with van der Waals surface area (Å²) in [4.78, 5) is 14.2. The molecule has 0 bridgehead atoms. The SMILES string of the molecule is Cc1cc(NC(=O)CN(CCN(C)C)S(=O)(=O)c2ccc(Cl)cc2)no1. The second-order valence-electron chi connectivity index (χ2n) is 5.97. The Hall–Kier alpha value is -1.94. The van der Waals surface area contributed by atoms with Crippen molar-refractivity contribution >= 4 is 33.3 Å². The van der Waals surface area contributed by atoms with Gasteiger partial charge in [0.05, 0.1) is 11.4 Å². The first-order chi connectivity index (χ1) is 12.2. The van der Waals surface area contributed by atoms with Crippen molar-refractivity contribution in [2.75, 3.05) is 39.0 Å². The Balaban J connectivity index is 2.18. The van der Waals surface area contributed by atoms with Crippen LogP contribution in [0.4, 0.5) is 5.82 Å². The first-order valence-corrected chi connectivity index (χ1v) is 9.64. The molecule has 0 saturated heterocycles. The van der Waals surface area contributed by atoms with Crippen LogP contribution in [0.2, 0.25) is 5.02 Å². The van der Waals surface area contributed by atoms with Gasteiger partial charge in [-0.25, -0.2) is 8.42 Å². The third kappa shape index (κ3) is 5.53. The van der Waals surface area contributed by atoms with E-state index in [1.165, 1.54) is 24.3 Å². The number of halogens is 1. The van der Waals surface area contributed by atoms with Crippen molar-refractivity contribution in [1.29, 1.82) is 0 Å². The van der Waals surface area contributed by atoms with E-state index in [2.05, 4.69) is 10.5 Å². The Morgan fingerprint density at radius 2 is 1.88 bits per heavy atom. The Bertz CT molecular complexity index is 849. The maximum absolute atomic E-state index is 12.9. The number of sulfonamides is 1. The normalized spacial score (nSPS) is 11.9. The quantitative estimate of drug-likeness (QED) is 0.726. The lowest BCUT2D eigenvalue weighted by atomic mass is 10.4. The van der Waals surface area contributed by atoms with Crippen LogP contribution in [0, 0.1) is 6.92 Å². The molecule has 0 unspecified atom stereocenters. The highest BCUT2D eigenvalue weighted by Gasteiger charge is 2.27. The van der Waals surface area contributed by atoms with Crippen molar-refractivity contribution in [1.82, 2.24) is 14.4 Å². The van der Waals surface area contributed by atoms with Crippen LogP contribution in [-0.4, -0.2) is 62.4 Å². The molecular formula is C16H21ClN4O4S. The third-order valence-electron chi connectivity index (χ3n) is 3.46. The van der Waals surface area contributed by atoms with E-state index in [0.717, 1.165) is 4.31 Å². The molecule has 1 amide bonds. The van der Waals surface area contributed by atoms with E-state index < -0.39 is 15.9 Å². The Morgan fingerprint density at radius 3 is 2.42 bits per heavy atom. The number of rotatable bonds is 8. The van der Waals surface area contributed by atoms with Gasteiger partial charge in [0.15, 0.2) is 5.82 Å². The summed E-state index contributed by atoms with van der Waals surface area (Å²) in [5, 5.41) is 6.63. The van der Waals surface area contributed by atoms with E-state index in [9.17, 15) is 13.2 Å². The van der Waals surface area contributed by atoms with E-state index >= 15 is 0 Å². The third-order valence-corrected chi connectivity index (χ3v) is 5.57. The Labute approximate surface area is 157 Å². The molecule has 8 nitrogen and oxygen atoms in total. The Morgan fingerprint density at radius 1 is 1.23 bits per heavy atom. The number of aromatic nitrogens is 1. The van der Waals surface area contributed by atoms with E-state index in [-0.39, 0.29) is 23.8 Å². The number of carbonyl (C=O) groups is 1. The van der Waals surface area contributed by atoms with Gasteiger partial charge < -0.3 is 14.7 Å². The molecule has 0 atom stereocenters. The van der Waals surface area contributed by atoms with E-state index in [4.69, 9.17) is 16.1 Å². The van der Waals surface area contributed by atoms with E-state index in [1.807, 2.05) is 19.0 Å². The molecule has 1 heterocycles. The molecule has 0 spiro atoms. The van der Waals surface area contributed by atoms with Crippen LogP contribution in [0.3, 0.4) is 0 Å². The molecule has 0 saturated carbocycles. The summed E-state index contributed by atoms with van der Waals surface area (Å²) in [6.45, 7) is 1.97. The van der Waals surface area contributed by atoms with Gasteiger partial charge in [0, 0.05) is 24.2 Å². The number of hydrogen-bond donors (Lipinski definition) is 1. The number of carbonyl (C=O) groups excluding carboxylic acids is 1. The second-order valence-corrected chi connectivity index (χ2v) is 8.34. The summed E-state index contributed by atoms with van der Waals surface area (Å²) in [7, 11) is -0.203. The standard InChI is InChI=1S/C16H21ClN4O4S/c1-12-10-15(19-25-12)18-16(22)11-21(9-8-20(2)3)26(23,24)14-6-4-13(17)5-7-14/h4-7,10H,8-9,11H2,1-3H3,(H,18,19,22). The highest BCUT2D eigenvalue weighted by Crippen LogP contribution is 2.18. The highest BCUT2D eigenvalue weighted by molar-refractivity contribution is 7.89. The molecule has 10 heteroatoms. The zero-order valence-electron chi connectivity index (χ0n) is 14.8. The number of hydrogen-bond acceptors (Lipinski definition) is 6. The van der Waals surface area contributed by atoms with Crippen molar-refractivity contribution in [2.24, 2.45) is 0 Å². The monoisotopic (exact) mass is 400 g/mol. The fourth-order valence-electron chi connectivity index (χ4n) is 2.12. The summed E-state index contributed by atoms with van der Waals surface area (Å²) in [6.07, 6.45) is 0. The number of amides is 1. The van der Waals surface area contributed by atoms with Crippen molar-refractivity contribution in [3.05, 3.63) is 41.1 Å². The molecule has 0 aliphatic carbocycles. The van der Waals surface area contributed by atoms with Gasteiger partial charge in [-0.2, -0.15) is 4.31 Å². The van der Waals surface area contributed by atoms with Crippen molar-refractivity contribution in [2.45, 2.75) is 11.8 Å². The van der Waals surface area contributed by atoms with Gasteiger partial charge in [0.1, 0.15) is 5.76 Å². The minimum Gasteiger partial charge on any atom is -0.360 e. The lowest BCUT2D eigenvalue weighted by Gasteiger charge is -2.23.